The topological polar surface area (TPSA) is 64.6 Å². The molecule has 1 atom stereocenters. The lowest BCUT2D eigenvalue weighted by Gasteiger charge is -2.14. The number of anilines is 1. The minimum absolute atomic E-state index is 0.393. The molecule has 1 unspecified atom stereocenters. The second kappa shape index (κ2) is 8.86. The van der Waals surface area contributed by atoms with Crippen molar-refractivity contribution in [2.24, 2.45) is 0 Å². The monoisotopic (exact) mass is 375 g/mol. The van der Waals surface area contributed by atoms with Gasteiger partial charge in [-0.3, -0.25) is 4.79 Å². The van der Waals surface area contributed by atoms with Crippen molar-refractivity contribution in [3.63, 3.8) is 0 Å². The molecule has 1 amide bonds. The summed E-state index contributed by atoms with van der Waals surface area (Å²) >= 11 is 0. The van der Waals surface area contributed by atoms with Crippen molar-refractivity contribution < 1.29 is 19.1 Å². The molecule has 3 aromatic rings. The van der Waals surface area contributed by atoms with E-state index in [2.05, 4.69) is 5.32 Å². The molecule has 0 aromatic heterocycles. The lowest BCUT2D eigenvalue weighted by Crippen LogP contribution is -2.29. The van der Waals surface area contributed by atoms with Gasteiger partial charge in [0.2, 0.25) is 0 Å². The predicted molar refractivity (Wildman–Crippen MR) is 110 cm³/mol. The van der Waals surface area contributed by atoms with Crippen molar-refractivity contribution in [1.82, 2.24) is 0 Å². The van der Waals surface area contributed by atoms with Gasteiger partial charge in [0.1, 0.15) is 5.75 Å². The maximum Gasteiger partial charge on any atom is 0.331 e. The number of amides is 1. The van der Waals surface area contributed by atoms with Crippen LogP contribution in [-0.4, -0.2) is 25.1 Å². The molecule has 142 valence electrons. The van der Waals surface area contributed by atoms with Gasteiger partial charge >= 0.3 is 5.97 Å². The van der Waals surface area contributed by atoms with E-state index in [1.165, 1.54) is 13.0 Å². The third-order valence-corrected chi connectivity index (χ3v) is 4.25. The van der Waals surface area contributed by atoms with Gasteiger partial charge in [-0.25, -0.2) is 4.79 Å². The third kappa shape index (κ3) is 4.57. The molecule has 0 aliphatic heterocycles. The van der Waals surface area contributed by atoms with Crippen LogP contribution in [-0.2, 0) is 14.3 Å². The number of fused-ring (bicyclic) bond motifs is 1. The van der Waals surface area contributed by atoms with E-state index in [0.717, 1.165) is 16.3 Å². The van der Waals surface area contributed by atoms with E-state index in [4.69, 9.17) is 9.47 Å². The Morgan fingerprint density at radius 2 is 1.68 bits per heavy atom. The quantitative estimate of drug-likeness (QED) is 0.511. The summed E-state index contributed by atoms with van der Waals surface area (Å²) < 4.78 is 10.4. The summed E-state index contributed by atoms with van der Waals surface area (Å²) in [6.07, 6.45) is 1.93. The molecule has 0 saturated heterocycles. The molecule has 0 bridgehead atoms. The molecule has 3 rings (SSSR count). The number of methoxy groups -OCH3 is 1. The fourth-order valence-electron chi connectivity index (χ4n) is 2.80. The molecule has 5 nitrogen and oxygen atoms in total. The standard InChI is InChI=1S/C23H21NO4/c1-16(28-22(25)15-14-18-9-4-6-13-21(18)27-2)23(26)24-20-12-7-10-17-8-3-5-11-19(17)20/h3-16H,1-2H3,(H,24,26)/b15-14+. The fourth-order valence-corrected chi connectivity index (χ4v) is 2.80. The fraction of sp³-hybridized carbons (Fsp3) is 0.130. The minimum atomic E-state index is -0.936. The van der Waals surface area contributed by atoms with E-state index < -0.39 is 18.0 Å². The van der Waals surface area contributed by atoms with Gasteiger partial charge in [-0.2, -0.15) is 0 Å². The van der Waals surface area contributed by atoms with Crippen LogP contribution in [0.1, 0.15) is 12.5 Å². The highest BCUT2D eigenvalue weighted by molar-refractivity contribution is 6.04. The Kier molecular flexibility index (Phi) is 6.07. The first-order valence-corrected chi connectivity index (χ1v) is 8.89. The van der Waals surface area contributed by atoms with Gasteiger partial charge in [0.05, 0.1) is 7.11 Å². The Labute approximate surface area is 163 Å². The molecule has 0 radical (unpaired) electrons. The van der Waals surface area contributed by atoms with Gasteiger partial charge in [0.15, 0.2) is 6.10 Å². The summed E-state index contributed by atoms with van der Waals surface area (Å²) in [5, 5.41) is 4.76. The van der Waals surface area contributed by atoms with Crippen LogP contribution in [0.5, 0.6) is 5.75 Å². The molecule has 0 aliphatic rings. The molecule has 1 N–H and O–H groups in total. The molecular formula is C23H21NO4. The number of benzene rings is 3. The highest BCUT2D eigenvalue weighted by Crippen LogP contribution is 2.23. The number of carbonyl (C=O) groups is 2. The first kappa shape index (κ1) is 19.2. The van der Waals surface area contributed by atoms with Gasteiger partial charge in [-0.15, -0.1) is 0 Å². The number of nitrogens with one attached hydrogen (secondary N) is 1. The van der Waals surface area contributed by atoms with Crippen molar-refractivity contribution in [2.45, 2.75) is 13.0 Å². The van der Waals surface area contributed by atoms with E-state index in [-0.39, 0.29) is 0 Å². The SMILES string of the molecule is COc1ccccc1/C=C/C(=O)OC(C)C(=O)Nc1cccc2ccccc12. The van der Waals surface area contributed by atoms with E-state index in [1.54, 1.807) is 19.3 Å². The first-order valence-electron chi connectivity index (χ1n) is 8.89. The summed E-state index contributed by atoms with van der Waals surface area (Å²) in [6.45, 7) is 1.54. The Hall–Kier alpha value is -3.60. The van der Waals surface area contributed by atoms with E-state index in [9.17, 15) is 9.59 Å². The van der Waals surface area contributed by atoms with E-state index >= 15 is 0 Å². The van der Waals surface area contributed by atoms with Gasteiger partial charge in [-0.05, 0) is 30.5 Å². The van der Waals surface area contributed by atoms with Crippen LogP contribution in [0, 0.1) is 0 Å². The highest BCUT2D eigenvalue weighted by atomic mass is 16.5. The zero-order valence-electron chi connectivity index (χ0n) is 15.7. The Bertz CT molecular complexity index is 1020. The average molecular weight is 375 g/mol. The largest absolute Gasteiger partial charge is 0.496 e. The Morgan fingerprint density at radius 1 is 0.964 bits per heavy atom. The van der Waals surface area contributed by atoms with Gasteiger partial charge in [0, 0.05) is 22.7 Å². The van der Waals surface area contributed by atoms with E-state index in [1.807, 2.05) is 60.7 Å². The number of hydrogen-bond acceptors (Lipinski definition) is 4. The second-order valence-corrected chi connectivity index (χ2v) is 6.17. The number of hydrogen-bond donors (Lipinski definition) is 1. The number of esters is 1. The second-order valence-electron chi connectivity index (χ2n) is 6.17. The molecule has 0 fully saturated rings. The van der Waals surface area contributed by atoms with Crippen LogP contribution in [0.2, 0.25) is 0 Å². The number of carbonyl (C=O) groups excluding carboxylic acids is 2. The van der Waals surface area contributed by atoms with Crippen LogP contribution >= 0.6 is 0 Å². The molecule has 0 spiro atoms. The maximum absolute atomic E-state index is 12.4. The van der Waals surface area contributed by atoms with Gasteiger partial charge < -0.3 is 14.8 Å². The van der Waals surface area contributed by atoms with Gasteiger partial charge in [-0.1, -0.05) is 54.6 Å². The smallest absolute Gasteiger partial charge is 0.331 e. The lowest BCUT2D eigenvalue weighted by atomic mass is 10.1. The summed E-state index contributed by atoms with van der Waals surface area (Å²) in [5.41, 5.74) is 1.42. The summed E-state index contributed by atoms with van der Waals surface area (Å²) in [7, 11) is 1.56. The molecule has 0 heterocycles. The number of rotatable bonds is 6. The maximum atomic E-state index is 12.4. The van der Waals surface area contributed by atoms with Crippen LogP contribution in [0.4, 0.5) is 5.69 Å². The van der Waals surface area contributed by atoms with Crippen LogP contribution in [0.25, 0.3) is 16.8 Å². The zero-order chi connectivity index (χ0) is 19.9. The molecule has 5 heteroatoms. The summed E-state index contributed by atoms with van der Waals surface area (Å²) in [6, 6.07) is 20.7. The Balaban J connectivity index is 1.63. The van der Waals surface area contributed by atoms with Crippen molar-refractivity contribution in [2.75, 3.05) is 12.4 Å². The minimum Gasteiger partial charge on any atom is -0.496 e. The molecular weight excluding hydrogens is 354 g/mol. The summed E-state index contributed by atoms with van der Waals surface area (Å²) in [4.78, 5) is 24.5. The van der Waals surface area contributed by atoms with Crippen molar-refractivity contribution in [1.29, 1.82) is 0 Å². The molecule has 28 heavy (non-hydrogen) atoms. The Morgan fingerprint density at radius 3 is 2.50 bits per heavy atom. The zero-order valence-corrected chi connectivity index (χ0v) is 15.7. The van der Waals surface area contributed by atoms with Crippen molar-refractivity contribution >= 4 is 34.4 Å². The van der Waals surface area contributed by atoms with Crippen molar-refractivity contribution in [3.8, 4) is 5.75 Å². The third-order valence-electron chi connectivity index (χ3n) is 4.25. The lowest BCUT2D eigenvalue weighted by molar-refractivity contribution is -0.148. The summed E-state index contributed by atoms with van der Waals surface area (Å²) in [5.74, 6) is -0.352. The van der Waals surface area contributed by atoms with Crippen LogP contribution < -0.4 is 10.1 Å². The van der Waals surface area contributed by atoms with E-state index in [0.29, 0.717) is 11.4 Å². The average Bonchev–Trinajstić information content (AvgIpc) is 2.72. The number of para-hydroxylation sites is 1. The molecule has 0 saturated carbocycles. The molecule has 0 aliphatic carbocycles. The van der Waals surface area contributed by atoms with Crippen molar-refractivity contribution in [3.05, 3.63) is 78.4 Å². The predicted octanol–water partition coefficient (Wildman–Crippen LogP) is 4.43. The van der Waals surface area contributed by atoms with Gasteiger partial charge in [0.25, 0.3) is 5.91 Å². The van der Waals surface area contributed by atoms with Crippen LogP contribution in [0.3, 0.4) is 0 Å². The molecule has 3 aromatic carbocycles. The normalized spacial score (nSPS) is 11.9. The van der Waals surface area contributed by atoms with Crippen LogP contribution in [0.15, 0.2) is 72.8 Å². The first-order chi connectivity index (χ1) is 13.6. The highest BCUT2D eigenvalue weighted by Gasteiger charge is 2.17. The number of ether oxygens (including phenoxy) is 2.